The summed E-state index contributed by atoms with van der Waals surface area (Å²) in [5, 5.41) is 15.8. The van der Waals surface area contributed by atoms with Gasteiger partial charge in [-0.2, -0.15) is 13.2 Å². The molecule has 19 nitrogen and oxygen atoms in total. The van der Waals surface area contributed by atoms with Crippen molar-refractivity contribution < 1.29 is 75.4 Å². The fourth-order valence-corrected chi connectivity index (χ4v) is 10.0. The van der Waals surface area contributed by atoms with Gasteiger partial charge < -0.3 is 53.8 Å². The Morgan fingerprint density at radius 2 is 1.51 bits per heavy atom. The van der Waals surface area contributed by atoms with E-state index in [1.807, 2.05) is 52.0 Å². The molecule has 3 N–H and O–H groups in total. The molecule has 5 amide bonds. The summed E-state index contributed by atoms with van der Waals surface area (Å²) < 4.78 is 79.9. The Morgan fingerprint density at radius 1 is 0.863 bits per heavy atom. The van der Waals surface area contributed by atoms with Gasteiger partial charge in [0.15, 0.2) is 17.2 Å². The van der Waals surface area contributed by atoms with Gasteiger partial charge in [0.2, 0.25) is 17.7 Å². The molecule has 4 aromatic rings. The van der Waals surface area contributed by atoms with Crippen LogP contribution in [0.2, 0.25) is 0 Å². The van der Waals surface area contributed by atoms with E-state index in [-0.39, 0.29) is 87.1 Å². The number of carbonyl (C=O) groups excluding carboxylic acids is 5. The molecule has 2 aliphatic heterocycles. The Kier molecular flexibility index (Phi) is 23.9. The number of thiazole rings is 1. The highest BCUT2D eigenvalue weighted by molar-refractivity contribution is 8.18. The molecule has 0 aliphatic carbocycles. The number of aliphatic hydroxyl groups is 1. The molecule has 3 heterocycles. The molecule has 0 spiro atoms. The molecule has 2 aliphatic rings. The Hall–Kier alpha value is -6.43. The van der Waals surface area contributed by atoms with Gasteiger partial charge >= 0.3 is 6.18 Å². The van der Waals surface area contributed by atoms with Crippen LogP contribution >= 0.6 is 23.1 Å². The number of amides is 5. The van der Waals surface area contributed by atoms with Crippen molar-refractivity contribution in [1.29, 1.82) is 0 Å². The number of aryl methyl sites for hydroxylation is 1. The molecule has 3 aromatic carbocycles. The van der Waals surface area contributed by atoms with Crippen LogP contribution in [-0.4, -0.2) is 153 Å². The Balaban J connectivity index is 0.764. The second-order valence-corrected chi connectivity index (χ2v) is 21.5. The molecule has 1 aromatic heterocycles. The number of ether oxygens (including phenoxy) is 7. The van der Waals surface area contributed by atoms with Crippen molar-refractivity contribution in [3.63, 3.8) is 0 Å². The third kappa shape index (κ3) is 18.6. The van der Waals surface area contributed by atoms with Crippen molar-refractivity contribution in [2.45, 2.75) is 84.3 Å². The molecule has 0 radical (unpaired) electrons. The number of carbonyl (C=O) groups is 5. The molecule has 0 unspecified atom stereocenters. The van der Waals surface area contributed by atoms with Crippen LogP contribution in [0.3, 0.4) is 0 Å². The molecule has 432 valence electrons. The summed E-state index contributed by atoms with van der Waals surface area (Å²) in [6, 6.07) is 13.2. The number of halogens is 3. The van der Waals surface area contributed by atoms with Crippen molar-refractivity contribution >= 4 is 63.7 Å². The van der Waals surface area contributed by atoms with Gasteiger partial charge in [-0.1, -0.05) is 57.2 Å². The molecule has 80 heavy (non-hydrogen) atoms. The minimum Gasteiger partial charge on any atom is -0.493 e. The largest absolute Gasteiger partial charge is 0.493 e. The summed E-state index contributed by atoms with van der Waals surface area (Å²) in [6.45, 7) is 17.2. The predicted octanol–water partition coefficient (Wildman–Crippen LogP) is 8.59. The number of β-amino-alcohol motifs (C(OH)–C–C–N with tert-alkyl or cyclic N) is 1. The average Bonchev–Trinajstić information content (AvgIpc) is 4.19. The van der Waals surface area contributed by atoms with Crippen LogP contribution in [0.15, 0.2) is 71.1 Å². The molecular formula is C56H67F3N6O13S2. The maximum Gasteiger partial charge on any atom is 0.418 e. The third-order valence-electron chi connectivity index (χ3n) is 12.6. The number of imide groups is 1. The molecule has 2 fully saturated rings. The van der Waals surface area contributed by atoms with Crippen LogP contribution in [0, 0.1) is 18.9 Å². The SMILES string of the molecule is [C-]#[N+]c1ccc(Oc2ccc(/C=C3\SC(=O)N(CCOCCOCCCCCOCCOCCOCC(=O)N[C@H](C(=O)N4C[C@H](O)C[C@H]4C(=O)NCc4ccc(-c5scnc5C)cc4)C(C)(C)C)C3=O)cc2OC)c(C(F)(F)F)c1. The Bertz CT molecular complexity index is 2820. The lowest BCUT2D eigenvalue weighted by molar-refractivity contribution is -0.144. The highest BCUT2D eigenvalue weighted by Gasteiger charge is 2.44. The zero-order valence-electron chi connectivity index (χ0n) is 45.3. The summed E-state index contributed by atoms with van der Waals surface area (Å²) in [7, 11) is 1.31. The number of methoxy groups -OCH3 is 1. The first-order chi connectivity index (χ1) is 38.3. The predicted molar refractivity (Wildman–Crippen MR) is 293 cm³/mol. The van der Waals surface area contributed by atoms with E-state index in [4.69, 9.17) is 39.7 Å². The number of hydrogen-bond acceptors (Lipinski definition) is 16. The summed E-state index contributed by atoms with van der Waals surface area (Å²) in [5.74, 6) is -2.34. The zero-order chi connectivity index (χ0) is 57.8. The van der Waals surface area contributed by atoms with Crippen LogP contribution in [0.4, 0.5) is 23.7 Å². The number of aromatic nitrogens is 1. The number of aliphatic hydroxyl groups excluding tert-OH is 1. The summed E-state index contributed by atoms with van der Waals surface area (Å²) in [4.78, 5) is 77.0. The van der Waals surface area contributed by atoms with Gasteiger partial charge in [0, 0.05) is 32.7 Å². The number of alkyl halides is 3. The van der Waals surface area contributed by atoms with Gasteiger partial charge in [0.1, 0.15) is 24.4 Å². The fourth-order valence-electron chi connectivity index (χ4n) is 8.37. The average molecular weight is 1150 g/mol. The van der Waals surface area contributed by atoms with Gasteiger partial charge in [-0.3, -0.25) is 28.9 Å². The van der Waals surface area contributed by atoms with Gasteiger partial charge in [-0.15, -0.1) is 11.3 Å². The summed E-state index contributed by atoms with van der Waals surface area (Å²) in [5.41, 5.74) is 3.07. The second kappa shape index (κ2) is 30.4. The van der Waals surface area contributed by atoms with E-state index in [1.165, 1.54) is 42.4 Å². The minimum absolute atomic E-state index is 0.0265. The number of unbranched alkanes of at least 4 members (excludes halogenated alkanes) is 2. The fraction of sp³-hybridized carbons (Fsp3) is 0.482. The van der Waals surface area contributed by atoms with Crippen LogP contribution in [0.5, 0.6) is 17.2 Å². The lowest BCUT2D eigenvalue weighted by Gasteiger charge is -2.35. The van der Waals surface area contributed by atoms with E-state index in [0.717, 1.165) is 63.7 Å². The van der Waals surface area contributed by atoms with Gasteiger partial charge in [0.25, 0.3) is 11.1 Å². The first-order valence-corrected chi connectivity index (χ1v) is 27.6. The lowest BCUT2D eigenvalue weighted by Crippen LogP contribution is -2.58. The number of nitrogens with zero attached hydrogens (tertiary/aromatic N) is 4. The first kappa shape index (κ1) is 62.8. The maximum absolute atomic E-state index is 13.9. The van der Waals surface area contributed by atoms with Crippen molar-refractivity contribution in [3.05, 3.63) is 105 Å². The number of benzene rings is 3. The van der Waals surface area contributed by atoms with Crippen molar-refractivity contribution in [3.8, 4) is 27.7 Å². The lowest BCUT2D eigenvalue weighted by atomic mass is 9.85. The molecule has 0 bridgehead atoms. The van der Waals surface area contributed by atoms with Crippen LogP contribution in [-0.2, 0) is 55.6 Å². The quantitative estimate of drug-likeness (QED) is 0.0253. The molecule has 3 atom stereocenters. The number of hydrogen-bond donors (Lipinski definition) is 3. The monoisotopic (exact) mass is 1150 g/mol. The number of rotatable bonds is 30. The summed E-state index contributed by atoms with van der Waals surface area (Å²) in [6.07, 6.45) is -1.61. The second-order valence-electron chi connectivity index (χ2n) is 19.6. The van der Waals surface area contributed by atoms with Crippen LogP contribution in [0.1, 0.15) is 68.8 Å². The molecule has 2 saturated heterocycles. The Morgan fingerprint density at radius 3 is 2.14 bits per heavy atom. The number of likely N-dealkylation sites (tertiary alicyclic amines) is 1. The maximum atomic E-state index is 13.9. The minimum atomic E-state index is -4.77. The number of nitrogens with one attached hydrogen (secondary N) is 2. The topological polar surface area (TPSA) is 218 Å². The number of thioether (sulfide) groups is 1. The molecule has 6 rings (SSSR count). The zero-order valence-corrected chi connectivity index (χ0v) is 46.9. The van der Waals surface area contributed by atoms with E-state index in [2.05, 4.69) is 20.5 Å². The molecule has 0 saturated carbocycles. The van der Waals surface area contributed by atoms with Crippen LogP contribution in [0.25, 0.3) is 21.4 Å². The standard InChI is InChI=1S/C56H67F3N6O13S2/c1-36-49(79-35-62-36)39-13-10-37(11-14-39)32-61-51(68)43-31-41(66)33-65(43)53(70)50(55(2,3)4)63-48(67)34-77-27-26-76-25-23-74-20-9-7-8-19-73-22-24-75-21-18-64-52(69)47(80-54(64)71)29-38-12-16-45(46(28-38)72-6)78-44-17-15-40(60-5)30-42(44)56(57,58)59/h10-17,28-30,35,41,43,50,66H,7-9,18-27,31-34H2,1-4,6H3,(H,61,68)(H,63,67)/b47-29-/t41-,43+,50-/m1/s1. The van der Waals surface area contributed by atoms with Gasteiger partial charge in [-0.05, 0) is 90.4 Å². The highest BCUT2D eigenvalue weighted by Crippen LogP contribution is 2.43. The van der Waals surface area contributed by atoms with Crippen molar-refractivity contribution in [2.24, 2.45) is 5.41 Å². The normalized spacial score (nSPS) is 16.5. The van der Waals surface area contributed by atoms with Crippen molar-refractivity contribution in [1.82, 2.24) is 25.4 Å². The van der Waals surface area contributed by atoms with Gasteiger partial charge in [-0.25, -0.2) is 9.83 Å². The van der Waals surface area contributed by atoms with Crippen LogP contribution < -0.4 is 20.1 Å². The smallest absolute Gasteiger partial charge is 0.418 e. The van der Waals surface area contributed by atoms with Crippen molar-refractivity contribution in [2.75, 3.05) is 86.3 Å². The van der Waals surface area contributed by atoms with Gasteiger partial charge in [0.05, 0.1) is 99.1 Å². The molecular weight excluding hydrogens is 1090 g/mol. The first-order valence-electron chi connectivity index (χ1n) is 25.9. The third-order valence-corrected chi connectivity index (χ3v) is 14.5. The van der Waals surface area contributed by atoms with E-state index < -0.39 is 64.1 Å². The molecule has 24 heteroatoms. The van der Waals surface area contributed by atoms with E-state index in [0.29, 0.717) is 44.7 Å². The van der Waals surface area contributed by atoms with E-state index in [1.54, 1.807) is 16.8 Å². The van der Waals surface area contributed by atoms with E-state index in [9.17, 15) is 42.3 Å². The highest BCUT2D eigenvalue weighted by atomic mass is 32.2. The Labute approximate surface area is 471 Å². The summed E-state index contributed by atoms with van der Waals surface area (Å²) >= 11 is 2.31. The van der Waals surface area contributed by atoms with E-state index >= 15 is 0 Å².